The number of rotatable bonds is 3. The summed E-state index contributed by atoms with van der Waals surface area (Å²) in [4.78, 5) is 13.9. The average molecular weight is 295 g/mol. The number of esters is 1. The minimum Gasteiger partial charge on any atom is -0.465 e. The van der Waals surface area contributed by atoms with E-state index < -0.39 is 0 Å². The van der Waals surface area contributed by atoms with Crippen LogP contribution >= 0.6 is 0 Å². The molecular formula is C19H21NO2. The van der Waals surface area contributed by atoms with Crippen molar-refractivity contribution in [3.8, 4) is 0 Å². The Labute approximate surface area is 131 Å². The highest BCUT2D eigenvalue weighted by molar-refractivity contribution is 5.89. The molecule has 0 N–H and O–H groups in total. The zero-order valence-electron chi connectivity index (χ0n) is 13.1. The van der Waals surface area contributed by atoms with Gasteiger partial charge in [-0.2, -0.15) is 0 Å². The van der Waals surface area contributed by atoms with Gasteiger partial charge in [-0.05, 0) is 47.7 Å². The van der Waals surface area contributed by atoms with Crippen LogP contribution in [0, 0.1) is 6.92 Å². The van der Waals surface area contributed by atoms with Gasteiger partial charge in [0, 0.05) is 19.6 Å². The standard InChI is InChI=1S/C19H21NO2/c1-14-4-3-5-17-13-20(11-10-18(14)17)12-15-6-8-16(9-7-15)19(21)22-2/h3-9H,10-13H2,1-2H3. The van der Waals surface area contributed by atoms with Crippen LogP contribution in [0.3, 0.4) is 0 Å². The van der Waals surface area contributed by atoms with Crippen molar-refractivity contribution >= 4 is 5.97 Å². The summed E-state index contributed by atoms with van der Waals surface area (Å²) in [5.74, 6) is -0.283. The number of benzene rings is 2. The number of carbonyl (C=O) groups excluding carboxylic acids is 1. The van der Waals surface area contributed by atoms with Crippen molar-refractivity contribution in [3.05, 3.63) is 70.3 Å². The number of fused-ring (bicyclic) bond motifs is 1. The third-order valence-electron chi connectivity index (χ3n) is 4.36. The third-order valence-corrected chi connectivity index (χ3v) is 4.36. The van der Waals surface area contributed by atoms with Crippen LogP contribution in [0.5, 0.6) is 0 Å². The van der Waals surface area contributed by atoms with Crippen LogP contribution in [0.2, 0.25) is 0 Å². The minimum atomic E-state index is -0.283. The normalized spacial score (nSPS) is 14.5. The second-order valence-electron chi connectivity index (χ2n) is 5.86. The lowest BCUT2D eigenvalue weighted by molar-refractivity contribution is 0.0600. The quantitative estimate of drug-likeness (QED) is 0.813. The largest absolute Gasteiger partial charge is 0.465 e. The Morgan fingerprint density at radius 3 is 2.68 bits per heavy atom. The summed E-state index contributed by atoms with van der Waals surface area (Å²) in [7, 11) is 1.41. The van der Waals surface area contributed by atoms with Crippen LogP contribution in [-0.4, -0.2) is 24.5 Å². The molecule has 0 aromatic heterocycles. The first kappa shape index (κ1) is 14.8. The van der Waals surface area contributed by atoms with Gasteiger partial charge in [0.05, 0.1) is 12.7 Å². The molecule has 0 saturated heterocycles. The molecule has 1 aliphatic heterocycles. The summed E-state index contributed by atoms with van der Waals surface area (Å²) in [5.41, 5.74) is 6.19. The molecule has 0 bridgehead atoms. The number of carbonyl (C=O) groups is 1. The molecule has 0 radical (unpaired) electrons. The SMILES string of the molecule is COC(=O)c1ccc(CN2CCc3c(C)cccc3C2)cc1. The van der Waals surface area contributed by atoms with E-state index in [9.17, 15) is 4.79 Å². The highest BCUT2D eigenvalue weighted by Gasteiger charge is 2.17. The van der Waals surface area contributed by atoms with Crippen molar-refractivity contribution in [2.75, 3.05) is 13.7 Å². The molecule has 1 heterocycles. The lowest BCUT2D eigenvalue weighted by Crippen LogP contribution is -2.30. The van der Waals surface area contributed by atoms with E-state index in [0.717, 1.165) is 26.1 Å². The smallest absolute Gasteiger partial charge is 0.337 e. The fourth-order valence-corrected chi connectivity index (χ4v) is 3.12. The van der Waals surface area contributed by atoms with Gasteiger partial charge in [0.15, 0.2) is 0 Å². The van der Waals surface area contributed by atoms with Gasteiger partial charge in [-0.3, -0.25) is 4.90 Å². The molecule has 2 aromatic carbocycles. The summed E-state index contributed by atoms with van der Waals surface area (Å²) in [6.45, 7) is 5.18. The first-order valence-corrected chi connectivity index (χ1v) is 7.64. The molecule has 1 aliphatic rings. The lowest BCUT2D eigenvalue weighted by Gasteiger charge is -2.29. The van der Waals surface area contributed by atoms with E-state index in [1.807, 2.05) is 24.3 Å². The minimum absolute atomic E-state index is 0.283. The zero-order chi connectivity index (χ0) is 15.5. The van der Waals surface area contributed by atoms with Crippen LogP contribution in [0.15, 0.2) is 42.5 Å². The van der Waals surface area contributed by atoms with E-state index in [-0.39, 0.29) is 5.97 Å². The van der Waals surface area contributed by atoms with E-state index >= 15 is 0 Å². The van der Waals surface area contributed by atoms with E-state index in [2.05, 4.69) is 30.0 Å². The van der Waals surface area contributed by atoms with Crippen LogP contribution < -0.4 is 0 Å². The summed E-state index contributed by atoms with van der Waals surface area (Å²) >= 11 is 0. The first-order valence-electron chi connectivity index (χ1n) is 7.64. The molecule has 0 aliphatic carbocycles. The maximum absolute atomic E-state index is 11.5. The second-order valence-corrected chi connectivity index (χ2v) is 5.86. The number of hydrogen-bond acceptors (Lipinski definition) is 3. The molecule has 0 fully saturated rings. The van der Waals surface area contributed by atoms with Gasteiger partial charge in [-0.25, -0.2) is 4.79 Å². The Bertz CT molecular complexity index is 676. The molecule has 3 heteroatoms. The van der Waals surface area contributed by atoms with Crippen molar-refractivity contribution in [1.29, 1.82) is 0 Å². The zero-order valence-corrected chi connectivity index (χ0v) is 13.1. The monoisotopic (exact) mass is 295 g/mol. The average Bonchev–Trinajstić information content (AvgIpc) is 2.55. The first-order chi connectivity index (χ1) is 10.7. The van der Waals surface area contributed by atoms with Gasteiger partial charge >= 0.3 is 5.97 Å². The van der Waals surface area contributed by atoms with Gasteiger partial charge in [-0.15, -0.1) is 0 Å². The number of nitrogens with zero attached hydrogens (tertiary/aromatic N) is 1. The molecular weight excluding hydrogens is 274 g/mol. The highest BCUT2D eigenvalue weighted by atomic mass is 16.5. The molecule has 0 saturated carbocycles. The van der Waals surface area contributed by atoms with Gasteiger partial charge in [0.1, 0.15) is 0 Å². The molecule has 3 rings (SSSR count). The molecule has 22 heavy (non-hydrogen) atoms. The number of methoxy groups -OCH3 is 1. The summed E-state index contributed by atoms with van der Waals surface area (Å²) in [6.07, 6.45) is 1.11. The maximum Gasteiger partial charge on any atom is 0.337 e. The molecule has 0 unspecified atom stereocenters. The van der Waals surface area contributed by atoms with Crippen molar-refractivity contribution in [2.24, 2.45) is 0 Å². The van der Waals surface area contributed by atoms with Crippen LogP contribution in [0.1, 0.15) is 32.6 Å². The van der Waals surface area contributed by atoms with Crippen LogP contribution in [0.4, 0.5) is 0 Å². The molecule has 0 spiro atoms. The highest BCUT2D eigenvalue weighted by Crippen LogP contribution is 2.23. The number of ether oxygens (including phenoxy) is 1. The van der Waals surface area contributed by atoms with Crippen molar-refractivity contribution < 1.29 is 9.53 Å². The number of hydrogen-bond donors (Lipinski definition) is 0. The third kappa shape index (κ3) is 3.04. The fraction of sp³-hybridized carbons (Fsp3) is 0.316. The van der Waals surface area contributed by atoms with Gasteiger partial charge in [-0.1, -0.05) is 30.3 Å². The van der Waals surface area contributed by atoms with Gasteiger partial charge < -0.3 is 4.74 Å². The number of aryl methyl sites for hydroxylation is 1. The van der Waals surface area contributed by atoms with E-state index in [0.29, 0.717) is 5.56 Å². The second kappa shape index (κ2) is 6.32. The summed E-state index contributed by atoms with van der Waals surface area (Å²) in [6, 6.07) is 14.3. The Hall–Kier alpha value is -2.13. The molecule has 0 amide bonds. The van der Waals surface area contributed by atoms with Crippen LogP contribution in [0.25, 0.3) is 0 Å². The fourth-order valence-electron chi connectivity index (χ4n) is 3.12. The molecule has 2 aromatic rings. The van der Waals surface area contributed by atoms with Crippen molar-refractivity contribution in [1.82, 2.24) is 4.90 Å². The topological polar surface area (TPSA) is 29.5 Å². The van der Waals surface area contributed by atoms with E-state index in [4.69, 9.17) is 4.74 Å². The van der Waals surface area contributed by atoms with Crippen LogP contribution in [-0.2, 0) is 24.2 Å². The van der Waals surface area contributed by atoms with Crippen molar-refractivity contribution in [2.45, 2.75) is 26.4 Å². The van der Waals surface area contributed by atoms with E-state index in [1.165, 1.54) is 29.4 Å². The molecule has 3 nitrogen and oxygen atoms in total. The summed E-state index contributed by atoms with van der Waals surface area (Å²) < 4.78 is 4.73. The molecule has 114 valence electrons. The molecule has 0 atom stereocenters. The predicted molar refractivity (Wildman–Crippen MR) is 86.8 cm³/mol. The Balaban J connectivity index is 1.68. The Kier molecular flexibility index (Phi) is 4.25. The van der Waals surface area contributed by atoms with Gasteiger partial charge in [0.25, 0.3) is 0 Å². The summed E-state index contributed by atoms with van der Waals surface area (Å²) in [5, 5.41) is 0. The Morgan fingerprint density at radius 1 is 1.18 bits per heavy atom. The Morgan fingerprint density at radius 2 is 1.95 bits per heavy atom. The van der Waals surface area contributed by atoms with Gasteiger partial charge in [0.2, 0.25) is 0 Å². The van der Waals surface area contributed by atoms with E-state index in [1.54, 1.807) is 0 Å². The van der Waals surface area contributed by atoms with Crippen molar-refractivity contribution in [3.63, 3.8) is 0 Å². The predicted octanol–water partition coefficient (Wildman–Crippen LogP) is 3.34. The lowest BCUT2D eigenvalue weighted by atomic mass is 9.95. The maximum atomic E-state index is 11.5.